The maximum Gasteiger partial charge on any atom is 0.242 e. The maximum atomic E-state index is 12.7. The van der Waals surface area contributed by atoms with Gasteiger partial charge in [-0.1, -0.05) is 60.3 Å². The molecule has 1 amide bonds. The standard InChI is InChI=1S/C20H18N2O3S/c1-2-12-22-18(23)17(13-14-6-4-3-5-7-14)26-20(22)21-16-10-8-15(9-11-16)19(24)25/h2-11,17H,1,12-13H2,(H,24,25)/p-1. The van der Waals surface area contributed by atoms with Gasteiger partial charge in [0.1, 0.15) is 0 Å². The van der Waals surface area contributed by atoms with Gasteiger partial charge in [-0.3, -0.25) is 9.69 Å². The molecule has 5 nitrogen and oxygen atoms in total. The number of hydrogen-bond acceptors (Lipinski definition) is 5. The summed E-state index contributed by atoms with van der Waals surface area (Å²) in [4.78, 5) is 29.7. The Hall–Kier alpha value is -2.86. The van der Waals surface area contributed by atoms with Gasteiger partial charge in [0.2, 0.25) is 5.91 Å². The number of aromatic carboxylic acids is 1. The molecule has 0 bridgehead atoms. The van der Waals surface area contributed by atoms with Crippen LogP contribution in [0.25, 0.3) is 0 Å². The van der Waals surface area contributed by atoms with E-state index in [9.17, 15) is 14.7 Å². The van der Waals surface area contributed by atoms with Gasteiger partial charge in [0.05, 0.1) is 16.9 Å². The number of aliphatic imine (C=N–C) groups is 1. The Bertz CT molecular complexity index is 847. The highest BCUT2D eigenvalue weighted by atomic mass is 32.2. The molecule has 132 valence electrons. The Morgan fingerprint density at radius 1 is 1.19 bits per heavy atom. The Kier molecular flexibility index (Phi) is 5.53. The van der Waals surface area contributed by atoms with Gasteiger partial charge in [-0.15, -0.1) is 6.58 Å². The highest BCUT2D eigenvalue weighted by Gasteiger charge is 2.37. The lowest BCUT2D eigenvalue weighted by Gasteiger charge is -2.14. The first-order valence-corrected chi connectivity index (χ1v) is 8.99. The van der Waals surface area contributed by atoms with E-state index in [0.29, 0.717) is 23.8 Å². The molecule has 0 radical (unpaired) electrons. The summed E-state index contributed by atoms with van der Waals surface area (Å²) in [6.07, 6.45) is 2.29. The van der Waals surface area contributed by atoms with Crippen LogP contribution >= 0.6 is 11.8 Å². The third-order valence-corrected chi connectivity index (χ3v) is 5.10. The summed E-state index contributed by atoms with van der Waals surface area (Å²) < 4.78 is 0. The first-order valence-electron chi connectivity index (χ1n) is 8.11. The third-order valence-electron chi connectivity index (χ3n) is 3.92. The molecule has 0 aliphatic carbocycles. The molecule has 2 aromatic carbocycles. The molecular weight excluding hydrogens is 348 g/mol. The molecule has 1 fully saturated rings. The van der Waals surface area contributed by atoms with Crippen molar-refractivity contribution in [2.24, 2.45) is 4.99 Å². The highest BCUT2D eigenvalue weighted by Crippen LogP contribution is 2.31. The van der Waals surface area contributed by atoms with Crippen molar-refractivity contribution in [2.45, 2.75) is 11.7 Å². The fraction of sp³-hybridized carbons (Fsp3) is 0.150. The topological polar surface area (TPSA) is 72.8 Å². The van der Waals surface area contributed by atoms with Crippen LogP contribution in [0, 0.1) is 0 Å². The second kappa shape index (κ2) is 8.01. The fourth-order valence-electron chi connectivity index (χ4n) is 2.63. The minimum Gasteiger partial charge on any atom is -0.545 e. The number of carbonyl (C=O) groups excluding carboxylic acids is 2. The predicted octanol–water partition coefficient (Wildman–Crippen LogP) is 2.41. The summed E-state index contributed by atoms with van der Waals surface area (Å²) in [5.41, 5.74) is 1.77. The molecule has 0 saturated carbocycles. The van der Waals surface area contributed by atoms with E-state index < -0.39 is 5.97 Å². The van der Waals surface area contributed by atoms with Gasteiger partial charge in [0.15, 0.2) is 5.17 Å². The average Bonchev–Trinajstić information content (AvgIpc) is 2.92. The fourth-order valence-corrected chi connectivity index (χ4v) is 3.84. The van der Waals surface area contributed by atoms with Crippen LogP contribution < -0.4 is 5.11 Å². The van der Waals surface area contributed by atoms with Gasteiger partial charge >= 0.3 is 0 Å². The van der Waals surface area contributed by atoms with E-state index in [1.54, 1.807) is 23.1 Å². The summed E-state index contributed by atoms with van der Waals surface area (Å²) in [6, 6.07) is 15.9. The van der Waals surface area contributed by atoms with Crippen molar-refractivity contribution in [3.05, 3.63) is 78.4 Å². The van der Waals surface area contributed by atoms with E-state index in [-0.39, 0.29) is 16.7 Å². The Morgan fingerprint density at radius 2 is 1.88 bits per heavy atom. The number of hydrogen-bond donors (Lipinski definition) is 0. The maximum absolute atomic E-state index is 12.7. The van der Waals surface area contributed by atoms with Crippen molar-refractivity contribution in [3.8, 4) is 0 Å². The van der Waals surface area contributed by atoms with E-state index >= 15 is 0 Å². The monoisotopic (exact) mass is 365 g/mol. The van der Waals surface area contributed by atoms with Crippen LogP contribution in [0.3, 0.4) is 0 Å². The molecule has 2 aromatic rings. The van der Waals surface area contributed by atoms with Gasteiger partial charge in [-0.2, -0.15) is 0 Å². The lowest BCUT2D eigenvalue weighted by Crippen LogP contribution is -2.32. The Balaban J connectivity index is 1.83. The molecule has 1 unspecified atom stereocenters. The molecule has 6 heteroatoms. The summed E-state index contributed by atoms with van der Waals surface area (Å²) in [6.45, 7) is 4.09. The number of rotatable bonds is 6. The molecular formula is C20H17N2O3S-. The summed E-state index contributed by atoms with van der Waals surface area (Å²) in [5.74, 6) is -1.23. The molecule has 1 saturated heterocycles. The average molecular weight is 365 g/mol. The third kappa shape index (κ3) is 4.03. The normalized spacial score (nSPS) is 18.3. The number of benzene rings is 2. The molecule has 0 aromatic heterocycles. The first kappa shape index (κ1) is 17.9. The summed E-state index contributed by atoms with van der Waals surface area (Å²) >= 11 is 1.42. The van der Waals surface area contributed by atoms with E-state index in [2.05, 4.69) is 11.6 Å². The summed E-state index contributed by atoms with van der Waals surface area (Å²) in [5, 5.41) is 11.2. The number of nitrogens with zero attached hydrogens (tertiary/aromatic N) is 2. The van der Waals surface area contributed by atoms with Gasteiger partial charge in [0.25, 0.3) is 0 Å². The van der Waals surface area contributed by atoms with Crippen molar-refractivity contribution in [1.82, 2.24) is 4.90 Å². The number of carbonyl (C=O) groups is 2. The Morgan fingerprint density at radius 3 is 2.50 bits per heavy atom. The van der Waals surface area contributed by atoms with Crippen molar-refractivity contribution in [2.75, 3.05) is 6.54 Å². The van der Waals surface area contributed by atoms with Gasteiger partial charge < -0.3 is 9.90 Å². The molecule has 0 spiro atoms. The molecule has 1 aliphatic heterocycles. The van der Waals surface area contributed by atoms with E-state index in [0.717, 1.165) is 5.56 Å². The van der Waals surface area contributed by atoms with Gasteiger partial charge in [0, 0.05) is 6.54 Å². The molecule has 26 heavy (non-hydrogen) atoms. The number of carboxylic acids is 1. The highest BCUT2D eigenvalue weighted by molar-refractivity contribution is 8.15. The smallest absolute Gasteiger partial charge is 0.242 e. The van der Waals surface area contributed by atoms with Crippen LogP contribution in [0.5, 0.6) is 0 Å². The van der Waals surface area contributed by atoms with Crippen LogP contribution in [-0.2, 0) is 11.2 Å². The molecule has 3 rings (SSSR count). The zero-order valence-electron chi connectivity index (χ0n) is 14.0. The van der Waals surface area contributed by atoms with Crippen LogP contribution in [0.2, 0.25) is 0 Å². The zero-order chi connectivity index (χ0) is 18.5. The van der Waals surface area contributed by atoms with Gasteiger partial charge in [-0.05, 0) is 29.7 Å². The number of amides is 1. The van der Waals surface area contributed by atoms with Crippen molar-refractivity contribution >= 4 is 34.5 Å². The predicted molar refractivity (Wildman–Crippen MR) is 101 cm³/mol. The second-order valence-corrected chi connectivity index (χ2v) is 6.93. The zero-order valence-corrected chi connectivity index (χ0v) is 14.8. The molecule has 1 aliphatic rings. The SMILES string of the molecule is C=CCN1C(=O)C(Cc2ccccc2)SC1=Nc1ccc(C(=O)[O-])cc1. The molecule has 0 N–H and O–H groups in total. The molecule has 1 atom stereocenters. The van der Waals surface area contributed by atoms with Crippen LogP contribution in [0.1, 0.15) is 15.9 Å². The lowest BCUT2D eigenvalue weighted by molar-refractivity contribution is -0.255. The minimum absolute atomic E-state index is 0.00357. The van der Waals surface area contributed by atoms with E-state index in [4.69, 9.17) is 0 Å². The van der Waals surface area contributed by atoms with E-state index in [1.807, 2.05) is 30.3 Å². The largest absolute Gasteiger partial charge is 0.545 e. The van der Waals surface area contributed by atoms with E-state index in [1.165, 1.54) is 23.9 Å². The van der Waals surface area contributed by atoms with Gasteiger partial charge in [-0.25, -0.2) is 4.99 Å². The van der Waals surface area contributed by atoms with Crippen LogP contribution in [0.4, 0.5) is 5.69 Å². The second-order valence-electron chi connectivity index (χ2n) is 5.76. The molecule has 1 heterocycles. The number of thioether (sulfide) groups is 1. The lowest BCUT2D eigenvalue weighted by atomic mass is 10.1. The van der Waals surface area contributed by atoms with Crippen molar-refractivity contribution in [1.29, 1.82) is 0 Å². The minimum atomic E-state index is -1.23. The van der Waals surface area contributed by atoms with Crippen molar-refractivity contribution < 1.29 is 14.7 Å². The first-order chi connectivity index (χ1) is 12.6. The summed E-state index contributed by atoms with van der Waals surface area (Å²) in [7, 11) is 0. The van der Waals surface area contributed by atoms with Crippen LogP contribution in [-0.4, -0.2) is 33.7 Å². The number of carboxylic acid groups (broad SMARTS) is 1. The van der Waals surface area contributed by atoms with Crippen LogP contribution in [0.15, 0.2) is 72.2 Å². The van der Waals surface area contributed by atoms with Crippen molar-refractivity contribution in [3.63, 3.8) is 0 Å². The quantitative estimate of drug-likeness (QED) is 0.737. The Labute approximate surface area is 156 Å². The number of amidine groups is 1.